The molecular formula is C33H37N7O4. The highest BCUT2D eigenvalue weighted by Crippen LogP contribution is 2.40. The van der Waals surface area contributed by atoms with Gasteiger partial charge >= 0.3 is 0 Å². The molecule has 2 aliphatic heterocycles. The number of para-hydroxylation sites is 1. The first-order valence-electron chi connectivity index (χ1n) is 14.9. The zero-order valence-electron chi connectivity index (χ0n) is 25.6. The summed E-state index contributed by atoms with van der Waals surface area (Å²) in [5.41, 5.74) is 5.82. The van der Waals surface area contributed by atoms with Gasteiger partial charge in [0.15, 0.2) is 0 Å². The number of hydrogen-bond acceptors (Lipinski definition) is 9. The first-order chi connectivity index (χ1) is 21.3. The Kier molecular flexibility index (Phi) is 8.37. The second-order valence-corrected chi connectivity index (χ2v) is 11.6. The monoisotopic (exact) mass is 595 g/mol. The molecule has 1 N–H and O–H groups in total. The van der Waals surface area contributed by atoms with Crippen molar-refractivity contribution < 1.29 is 14.4 Å². The Bertz CT molecular complexity index is 1770. The maximum Gasteiger partial charge on any atom is 0.294 e. The van der Waals surface area contributed by atoms with Crippen molar-refractivity contribution in [3.63, 3.8) is 0 Å². The van der Waals surface area contributed by atoms with Crippen molar-refractivity contribution in [1.82, 2.24) is 19.4 Å². The molecule has 0 saturated carbocycles. The van der Waals surface area contributed by atoms with E-state index in [0.29, 0.717) is 41.9 Å². The lowest BCUT2D eigenvalue weighted by atomic mass is 10.0. The highest BCUT2D eigenvalue weighted by Gasteiger charge is 2.24. The quantitative estimate of drug-likeness (QED) is 0.161. The number of rotatable bonds is 9. The average molecular weight is 596 g/mol. The molecular weight excluding hydrogens is 558 g/mol. The molecule has 11 nitrogen and oxygen atoms in total. The van der Waals surface area contributed by atoms with Gasteiger partial charge in [0.1, 0.15) is 11.4 Å². The second kappa shape index (κ2) is 12.5. The first kappa shape index (κ1) is 29.4. The van der Waals surface area contributed by atoms with Crippen molar-refractivity contribution in [2.24, 2.45) is 5.92 Å². The number of aryl methyl sites for hydroxylation is 2. The molecule has 2 aromatic carbocycles. The van der Waals surface area contributed by atoms with Crippen molar-refractivity contribution in [2.75, 3.05) is 64.8 Å². The van der Waals surface area contributed by atoms with Crippen LogP contribution < -0.4 is 15.0 Å². The van der Waals surface area contributed by atoms with E-state index in [-0.39, 0.29) is 16.5 Å². The summed E-state index contributed by atoms with van der Waals surface area (Å²) in [6.07, 6.45) is 6.93. The van der Waals surface area contributed by atoms with Crippen molar-refractivity contribution in [3.05, 3.63) is 64.0 Å². The number of ether oxygens (including phenoxy) is 2. The van der Waals surface area contributed by atoms with Gasteiger partial charge in [0.05, 0.1) is 41.1 Å². The largest absolute Gasteiger partial charge is 0.494 e. The fraction of sp³-hybridized carbons (Fsp3) is 0.394. The molecule has 6 rings (SSSR count). The molecule has 0 amide bonds. The SMILES string of the molecule is COc1cc(N(C)CCN(C)C)c([N+](=O)[O-])cc1Nc1ncc(C#CC2CCOC2)c(-c2cn3c4c(cccc24)CCC3)n1. The van der Waals surface area contributed by atoms with Crippen molar-refractivity contribution in [1.29, 1.82) is 0 Å². The fourth-order valence-electron chi connectivity index (χ4n) is 5.88. The van der Waals surface area contributed by atoms with Gasteiger partial charge in [-0.1, -0.05) is 30.0 Å². The molecule has 0 radical (unpaired) electrons. The summed E-state index contributed by atoms with van der Waals surface area (Å²) >= 11 is 0. The molecule has 1 saturated heterocycles. The lowest BCUT2D eigenvalue weighted by Gasteiger charge is -2.22. The number of nitrogens with zero attached hydrogens (tertiary/aromatic N) is 6. The normalized spacial score (nSPS) is 15.7. The Hall–Kier alpha value is -4.66. The molecule has 0 bridgehead atoms. The molecule has 4 aromatic rings. The molecule has 44 heavy (non-hydrogen) atoms. The lowest BCUT2D eigenvalue weighted by Crippen LogP contribution is -2.28. The third kappa shape index (κ3) is 5.91. The van der Waals surface area contributed by atoms with E-state index in [1.54, 1.807) is 19.4 Å². The van der Waals surface area contributed by atoms with Crippen LogP contribution in [0.4, 0.5) is 23.0 Å². The number of nitrogens with one attached hydrogen (secondary N) is 1. The highest BCUT2D eigenvalue weighted by molar-refractivity contribution is 5.98. The van der Waals surface area contributed by atoms with Gasteiger partial charge in [-0.3, -0.25) is 10.1 Å². The van der Waals surface area contributed by atoms with Crippen molar-refractivity contribution >= 4 is 33.9 Å². The van der Waals surface area contributed by atoms with Crippen LogP contribution >= 0.6 is 0 Å². The number of nitro benzene ring substituents is 1. The minimum Gasteiger partial charge on any atom is -0.494 e. The molecule has 1 fully saturated rings. The number of aromatic nitrogens is 3. The van der Waals surface area contributed by atoms with Gasteiger partial charge in [-0.2, -0.15) is 0 Å². The van der Waals surface area contributed by atoms with Gasteiger partial charge in [0.25, 0.3) is 5.69 Å². The summed E-state index contributed by atoms with van der Waals surface area (Å²) in [7, 11) is 7.31. The van der Waals surface area contributed by atoms with E-state index in [9.17, 15) is 10.1 Å². The standard InChI is InChI=1S/C33H37N7O4/c1-37(2)14-15-38(3)28-18-30(43-4)27(17-29(28)40(41)42)35-33-34-19-24(11-10-22-12-16-44-21-22)31(36-33)26-20-39-13-6-8-23-7-5-9-25(26)32(23)39/h5,7,9,17-20,22H,6,8,12-16,21H2,1-4H3,(H,34,35,36). The van der Waals surface area contributed by atoms with E-state index in [4.69, 9.17) is 14.5 Å². The van der Waals surface area contributed by atoms with E-state index in [0.717, 1.165) is 55.5 Å². The Balaban J connectivity index is 1.42. The van der Waals surface area contributed by atoms with E-state index in [1.165, 1.54) is 17.1 Å². The van der Waals surface area contributed by atoms with Gasteiger partial charge < -0.3 is 29.2 Å². The predicted octanol–water partition coefficient (Wildman–Crippen LogP) is 5.09. The Morgan fingerprint density at radius 1 is 1.25 bits per heavy atom. The maximum atomic E-state index is 12.2. The molecule has 228 valence electrons. The summed E-state index contributed by atoms with van der Waals surface area (Å²) in [6.45, 7) is 3.65. The van der Waals surface area contributed by atoms with E-state index >= 15 is 0 Å². The summed E-state index contributed by atoms with van der Waals surface area (Å²) < 4.78 is 13.5. The van der Waals surface area contributed by atoms with Crippen molar-refractivity contribution in [3.8, 4) is 28.8 Å². The third-order valence-electron chi connectivity index (χ3n) is 8.25. The number of methoxy groups -OCH3 is 1. The summed E-state index contributed by atoms with van der Waals surface area (Å²) in [5, 5.41) is 16.5. The van der Waals surface area contributed by atoms with Crippen LogP contribution in [-0.4, -0.2) is 78.9 Å². The number of hydrogen-bond donors (Lipinski definition) is 1. The topological polar surface area (TPSA) is 111 Å². The minimum atomic E-state index is -0.377. The summed E-state index contributed by atoms with van der Waals surface area (Å²) in [5.74, 6) is 7.61. The van der Waals surface area contributed by atoms with Crippen LogP contribution in [0.25, 0.3) is 22.2 Å². The molecule has 2 aliphatic rings. The van der Waals surface area contributed by atoms with Crippen LogP contribution in [-0.2, 0) is 17.7 Å². The zero-order valence-corrected chi connectivity index (χ0v) is 25.6. The Morgan fingerprint density at radius 3 is 2.86 bits per heavy atom. The van der Waals surface area contributed by atoms with Crippen LogP contribution in [0.1, 0.15) is 24.0 Å². The van der Waals surface area contributed by atoms with Crippen LogP contribution in [0.2, 0.25) is 0 Å². The van der Waals surface area contributed by atoms with Crippen LogP contribution in [0.15, 0.2) is 42.7 Å². The Labute approximate surface area is 256 Å². The molecule has 2 aromatic heterocycles. The highest BCUT2D eigenvalue weighted by atomic mass is 16.6. The first-order valence-corrected chi connectivity index (χ1v) is 14.9. The Morgan fingerprint density at radius 2 is 2.11 bits per heavy atom. The lowest BCUT2D eigenvalue weighted by molar-refractivity contribution is -0.384. The molecule has 4 heterocycles. The predicted molar refractivity (Wildman–Crippen MR) is 172 cm³/mol. The summed E-state index contributed by atoms with van der Waals surface area (Å²) in [4.78, 5) is 25.2. The van der Waals surface area contributed by atoms with E-state index < -0.39 is 0 Å². The number of anilines is 3. The average Bonchev–Trinajstić information content (AvgIpc) is 3.68. The number of nitro groups is 1. The molecule has 0 aliphatic carbocycles. The summed E-state index contributed by atoms with van der Waals surface area (Å²) in [6, 6.07) is 9.59. The molecule has 11 heteroatoms. The van der Waals surface area contributed by atoms with Crippen LogP contribution in [0.3, 0.4) is 0 Å². The van der Waals surface area contributed by atoms with Crippen LogP contribution in [0.5, 0.6) is 5.75 Å². The molecule has 1 unspecified atom stereocenters. The van der Waals surface area contributed by atoms with E-state index in [2.05, 4.69) is 51.1 Å². The van der Waals surface area contributed by atoms with Gasteiger partial charge in [0, 0.05) is 74.7 Å². The maximum absolute atomic E-state index is 12.2. The number of likely N-dealkylation sites (N-methyl/N-ethyl adjacent to an activating group) is 2. The van der Waals surface area contributed by atoms with Gasteiger partial charge in [0.2, 0.25) is 5.95 Å². The van der Waals surface area contributed by atoms with E-state index in [1.807, 2.05) is 30.9 Å². The smallest absolute Gasteiger partial charge is 0.294 e. The van der Waals surface area contributed by atoms with Crippen LogP contribution in [0, 0.1) is 27.9 Å². The van der Waals surface area contributed by atoms with Gasteiger partial charge in [-0.15, -0.1) is 0 Å². The molecule has 1 atom stereocenters. The third-order valence-corrected chi connectivity index (χ3v) is 8.25. The number of benzene rings is 2. The molecule has 0 spiro atoms. The zero-order chi connectivity index (χ0) is 30.8. The second-order valence-electron chi connectivity index (χ2n) is 11.6. The fourth-order valence-corrected chi connectivity index (χ4v) is 5.88. The van der Waals surface area contributed by atoms with Crippen molar-refractivity contribution in [2.45, 2.75) is 25.8 Å². The minimum absolute atomic E-state index is 0.0370. The van der Waals surface area contributed by atoms with Gasteiger partial charge in [-0.05, 0) is 38.9 Å². The van der Waals surface area contributed by atoms with Gasteiger partial charge in [-0.25, -0.2) is 9.97 Å².